The Labute approximate surface area is 168 Å². The van der Waals surface area contributed by atoms with Crippen LogP contribution >= 0.6 is 0 Å². The van der Waals surface area contributed by atoms with E-state index in [2.05, 4.69) is 42.6 Å². The molecule has 7 heteroatoms. The van der Waals surface area contributed by atoms with E-state index >= 15 is 0 Å². The Morgan fingerprint density at radius 3 is 2.50 bits per heavy atom. The van der Waals surface area contributed by atoms with E-state index in [-0.39, 0.29) is 6.54 Å². The molecule has 2 fully saturated rings. The Hall–Kier alpha value is -1.70. The molecule has 0 unspecified atom stereocenters. The highest BCUT2D eigenvalue weighted by Crippen LogP contribution is 2.40. The highest BCUT2D eigenvalue weighted by Gasteiger charge is 2.40. The van der Waals surface area contributed by atoms with E-state index < -0.39 is 15.9 Å². The second kappa shape index (κ2) is 9.20. The molecule has 3 rings (SSSR count). The van der Waals surface area contributed by atoms with Crippen LogP contribution in [-0.2, 0) is 14.8 Å². The van der Waals surface area contributed by atoms with Gasteiger partial charge in [0.2, 0.25) is 15.9 Å². The van der Waals surface area contributed by atoms with Gasteiger partial charge in [0.05, 0.1) is 12.8 Å². The molecule has 0 spiro atoms. The number of benzene rings is 1. The van der Waals surface area contributed by atoms with E-state index in [1.165, 1.54) is 17.6 Å². The summed E-state index contributed by atoms with van der Waals surface area (Å²) >= 11 is 0. The van der Waals surface area contributed by atoms with E-state index in [0.717, 1.165) is 38.6 Å². The number of carbonyl (C=O) groups is 1. The Kier molecular flexibility index (Phi) is 6.91. The summed E-state index contributed by atoms with van der Waals surface area (Å²) in [6.07, 6.45) is 7.58. The van der Waals surface area contributed by atoms with Crippen molar-refractivity contribution in [1.29, 1.82) is 0 Å². The fraction of sp³-hybridized carbons (Fsp3) is 0.571. The van der Waals surface area contributed by atoms with Crippen LogP contribution in [-0.4, -0.2) is 57.2 Å². The van der Waals surface area contributed by atoms with Gasteiger partial charge in [0.1, 0.15) is 0 Å². The van der Waals surface area contributed by atoms with E-state index in [1.54, 1.807) is 0 Å². The van der Waals surface area contributed by atoms with Gasteiger partial charge in [-0.1, -0.05) is 48.9 Å². The molecule has 154 valence electrons. The van der Waals surface area contributed by atoms with Gasteiger partial charge in [-0.25, -0.2) is 8.42 Å². The maximum absolute atomic E-state index is 11.7. The Bertz CT molecular complexity index is 799. The molecule has 0 radical (unpaired) electrons. The van der Waals surface area contributed by atoms with Crippen molar-refractivity contribution in [3.05, 3.63) is 41.5 Å². The lowest BCUT2D eigenvalue weighted by molar-refractivity contribution is -0.120. The number of nitrogens with one attached hydrogen (secondary N) is 2. The summed E-state index contributed by atoms with van der Waals surface area (Å²) in [6, 6.07) is 11.5. The van der Waals surface area contributed by atoms with Crippen LogP contribution < -0.4 is 10.0 Å². The SMILES string of the molecule is CC/C(=C\c1ccccc1)[C@@H]1C[C@H]1NC1CCN(CC(=O)NS(C)(=O)=O)CC1. The van der Waals surface area contributed by atoms with Crippen LogP contribution in [0.3, 0.4) is 0 Å². The van der Waals surface area contributed by atoms with E-state index in [4.69, 9.17) is 0 Å². The molecule has 0 aromatic heterocycles. The number of sulfonamides is 1. The van der Waals surface area contributed by atoms with Crippen LogP contribution in [0.2, 0.25) is 0 Å². The van der Waals surface area contributed by atoms with Gasteiger partial charge in [0.15, 0.2) is 0 Å². The molecular weight excluding hydrogens is 374 g/mol. The number of amides is 1. The minimum Gasteiger partial charge on any atom is -0.311 e. The number of nitrogens with zero attached hydrogens (tertiary/aromatic N) is 1. The fourth-order valence-electron chi connectivity index (χ4n) is 4.03. The average molecular weight is 406 g/mol. The van der Waals surface area contributed by atoms with E-state index in [1.807, 2.05) is 15.7 Å². The second-order valence-corrected chi connectivity index (χ2v) is 9.70. The van der Waals surface area contributed by atoms with Crippen LogP contribution in [0.1, 0.15) is 38.2 Å². The molecular formula is C21H31N3O3S. The van der Waals surface area contributed by atoms with Crippen LogP contribution in [0.4, 0.5) is 0 Å². The molecule has 0 bridgehead atoms. The summed E-state index contributed by atoms with van der Waals surface area (Å²) < 4.78 is 24.3. The summed E-state index contributed by atoms with van der Waals surface area (Å²) in [4.78, 5) is 13.8. The first-order valence-corrected chi connectivity index (χ1v) is 12.0. The molecule has 1 aromatic rings. The number of hydrogen-bond donors (Lipinski definition) is 2. The summed E-state index contributed by atoms with van der Waals surface area (Å²) in [7, 11) is -3.48. The number of rotatable bonds is 8. The van der Waals surface area contributed by atoms with Gasteiger partial charge in [0, 0.05) is 25.2 Å². The smallest absolute Gasteiger partial charge is 0.247 e. The predicted molar refractivity (Wildman–Crippen MR) is 112 cm³/mol. The molecule has 1 saturated heterocycles. The van der Waals surface area contributed by atoms with Gasteiger partial charge in [-0.15, -0.1) is 0 Å². The third kappa shape index (κ3) is 6.43. The number of hydrogen-bond acceptors (Lipinski definition) is 5. The lowest BCUT2D eigenvalue weighted by Crippen LogP contribution is -2.47. The van der Waals surface area contributed by atoms with Crippen molar-refractivity contribution in [2.45, 2.75) is 44.7 Å². The highest BCUT2D eigenvalue weighted by molar-refractivity contribution is 7.89. The zero-order chi connectivity index (χ0) is 20.1. The first kappa shape index (κ1) is 21.0. The monoisotopic (exact) mass is 405 g/mol. The van der Waals surface area contributed by atoms with Crippen LogP contribution in [0, 0.1) is 5.92 Å². The summed E-state index contributed by atoms with van der Waals surface area (Å²) in [6.45, 7) is 4.00. The first-order valence-electron chi connectivity index (χ1n) is 10.1. The summed E-state index contributed by atoms with van der Waals surface area (Å²) in [5.41, 5.74) is 2.78. The Morgan fingerprint density at radius 1 is 1.21 bits per heavy atom. The van der Waals surface area contributed by atoms with Crippen LogP contribution in [0.15, 0.2) is 35.9 Å². The van der Waals surface area contributed by atoms with Gasteiger partial charge < -0.3 is 5.32 Å². The maximum atomic E-state index is 11.7. The van der Waals surface area contributed by atoms with Crippen molar-refractivity contribution in [3.63, 3.8) is 0 Å². The molecule has 28 heavy (non-hydrogen) atoms. The summed E-state index contributed by atoms with van der Waals surface area (Å²) in [5, 5.41) is 3.79. The molecule has 1 aliphatic carbocycles. The molecule has 1 aromatic carbocycles. The molecule has 1 saturated carbocycles. The lowest BCUT2D eigenvalue weighted by atomic mass is 10.0. The minimum atomic E-state index is -3.48. The van der Waals surface area contributed by atoms with Crippen molar-refractivity contribution in [3.8, 4) is 0 Å². The lowest BCUT2D eigenvalue weighted by Gasteiger charge is -2.32. The number of carbonyl (C=O) groups excluding carboxylic acids is 1. The maximum Gasteiger partial charge on any atom is 0.247 e. The zero-order valence-electron chi connectivity index (χ0n) is 16.7. The highest BCUT2D eigenvalue weighted by atomic mass is 32.2. The third-order valence-electron chi connectivity index (χ3n) is 5.53. The van der Waals surface area contributed by atoms with Gasteiger partial charge in [0.25, 0.3) is 0 Å². The standard InChI is InChI=1S/C21H31N3O3S/c1-3-17(13-16-7-5-4-6-8-16)19-14-20(19)22-18-9-11-24(12-10-18)15-21(25)23-28(2,26)27/h4-8,13,18-20,22H,3,9-12,14-15H2,1-2H3,(H,23,25)/b17-13+/t19-,20+/m0/s1. The normalized spacial score (nSPS) is 24.1. The number of likely N-dealkylation sites (tertiary alicyclic amines) is 1. The average Bonchev–Trinajstić information content (AvgIpc) is 3.39. The molecule has 6 nitrogen and oxygen atoms in total. The van der Waals surface area contributed by atoms with Crippen molar-refractivity contribution in [1.82, 2.24) is 14.9 Å². The first-order chi connectivity index (χ1) is 13.3. The van der Waals surface area contributed by atoms with E-state index in [9.17, 15) is 13.2 Å². The van der Waals surface area contributed by atoms with Crippen molar-refractivity contribution in [2.75, 3.05) is 25.9 Å². The predicted octanol–water partition coefficient (Wildman–Crippen LogP) is 2.00. The third-order valence-corrected chi connectivity index (χ3v) is 6.13. The largest absolute Gasteiger partial charge is 0.311 e. The van der Waals surface area contributed by atoms with Gasteiger partial charge in [-0.3, -0.25) is 14.4 Å². The molecule has 1 amide bonds. The van der Waals surface area contributed by atoms with Crippen molar-refractivity contribution in [2.24, 2.45) is 5.92 Å². The molecule has 2 aliphatic rings. The Balaban J connectivity index is 1.42. The minimum absolute atomic E-state index is 0.144. The quantitative estimate of drug-likeness (QED) is 0.692. The van der Waals surface area contributed by atoms with Crippen molar-refractivity contribution >= 4 is 22.0 Å². The van der Waals surface area contributed by atoms with Crippen LogP contribution in [0.5, 0.6) is 0 Å². The van der Waals surface area contributed by atoms with Gasteiger partial charge >= 0.3 is 0 Å². The summed E-state index contributed by atoms with van der Waals surface area (Å²) in [5.74, 6) is 0.179. The molecule has 1 heterocycles. The number of piperidine rings is 1. The van der Waals surface area contributed by atoms with Gasteiger partial charge in [-0.05, 0) is 37.2 Å². The zero-order valence-corrected chi connectivity index (χ0v) is 17.5. The molecule has 1 aliphatic heterocycles. The van der Waals surface area contributed by atoms with Gasteiger partial charge in [-0.2, -0.15) is 0 Å². The topological polar surface area (TPSA) is 78.5 Å². The van der Waals surface area contributed by atoms with E-state index in [0.29, 0.717) is 18.0 Å². The second-order valence-electron chi connectivity index (χ2n) is 7.95. The van der Waals surface area contributed by atoms with Crippen molar-refractivity contribution < 1.29 is 13.2 Å². The van der Waals surface area contributed by atoms with Crippen LogP contribution in [0.25, 0.3) is 6.08 Å². The molecule has 2 N–H and O–H groups in total. The fourth-order valence-corrected chi connectivity index (χ4v) is 4.50. The molecule has 2 atom stereocenters. The Morgan fingerprint density at radius 2 is 1.89 bits per heavy atom.